The number of hydrogen-bond donors (Lipinski definition) is 1. The largest absolute Gasteiger partial charge is 0.239 e. The second-order valence-corrected chi connectivity index (χ2v) is 5.39. The molecule has 0 spiro atoms. The van der Waals surface area contributed by atoms with E-state index in [0.29, 0.717) is 9.80 Å². The number of halogens is 2. The smallest absolute Gasteiger partial charge is 0.225 e. The maximum absolute atomic E-state index is 11.0. The molecular formula is C7H7Br2NO2S. The topological polar surface area (TPSA) is 60.2 Å². The first-order valence-electron chi connectivity index (χ1n) is 3.32. The van der Waals surface area contributed by atoms with Gasteiger partial charge < -0.3 is 0 Å². The molecule has 1 aromatic rings. The summed E-state index contributed by atoms with van der Waals surface area (Å²) in [6.07, 6.45) is 0. The zero-order valence-corrected chi connectivity index (χ0v) is 10.5. The van der Waals surface area contributed by atoms with Gasteiger partial charge in [-0.1, -0.05) is 22.0 Å². The molecule has 6 heteroatoms. The molecule has 0 fully saturated rings. The van der Waals surface area contributed by atoms with E-state index >= 15 is 0 Å². The van der Waals surface area contributed by atoms with Crippen LogP contribution in [-0.2, 0) is 15.4 Å². The summed E-state index contributed by atoms with van der Waals surface area (Å²) in [6, 6.07) is 4.91. The molecule has 0 aliphatic rings. The van der Waals surface area contributed by atoms with E-state index in [-0.39, 0.29) is 4.90 Å². The summed E-state index contributed by atoms with van der Waals surface area (Å²) in [7, 11) is -3.62. The molecule has 0 bridgehead atoms. The minimum atomic E-state index is -3.62. The summed E-state index contributed by atoms with van der Waals surface area (Å²) >= 11 is 6.41. The lowest BCUT2D eigenvalue weighted by atomic mass is 10.2. The Hall–Kier alpha value is 0.0900. The molecule has 0 aliphatic carbocycles. The second kappa shape index (κ2) is 4.08. The van der Waals surface area contributed by atoms with Gasteiger partial charge in [-0.05, 0) is 33.6 Å². The Morgan fingerprint density at radius 3 is 2.38 bits per heavy atom. The zero-order valence-electron chi connectivity index (χ0n) is 6.50. The van der Waals surface area contributed by atoms with Crippen molar-refractivity contribution in [3.05, 3.63) is 28.2 Å². The molecule has 0 unspecified atom stereocenters. The molecule has 0 heterocycles. The Morgan fingerprint density at radius 2 is 2.00 bits per heavy atom. The lowest BCUT2D eigenvalue weighted by Crippen LogP contribution is -2.12. The van der Waals surface area contributed by atoms with Crippen LogP contribution in [0.3, 0.4) is 0 Å². The van der Waals surface area contributed by atoms with Crippen molar-refractivity contribution < 1.29 is 8.42 Å². The van der Waals surface area contributed by atoms with Gasteiger partial charge in [0.25, 0.3) is 0 Å². The van der Waals surface area contributed by atoms with Crippen LogP contribution in [0.5, 0.6) is 0 Å². The number of hydrogen-bond acceptors (Lipinski definition) is 2. The van der Waals surface area contributed by atoms with Crippen molar-refractivity contribution in [2.45, 2.75) is 10.2 Å². The fourth-order valence-corrected chi connectivity index (χ4v) is 2.90. The van der Waals surface area contributed by atoms with Gasteiger partial charge in [-0.2, -0.15) is 0 Å². The zero-order chi connectivity index (χ0) is 10.1. The van der Waals surface area contributed by atoms with Crippen LogP contribution in [0.15, 0.2) is 27.6 Å². The molecule has 3 nitrogen and oxygen atoms in total. The first kappa shape index (κ1) is 11.2. The van der Waals surface area contributed by atoms with Crippen molar-refractivity contribution in [3.8, 4) is 0 Å². The number of nitrogens with two attached hydrogens (primary N) is 1. The minimum absolute atomic E-state index is 0.109. The van der Waals surface area contributed by atoms with Gasteiger partial charge in [0.2, 0.25) is 10.0 Å². The molecule has 0 aromatic heterocycles. The van der Waals surface area contributed by atoms with Crippen LogP contribution in [0.4, 0.5) is 0 Å². The average Bonchev–Trinajstić information content (AvgIpc) is 2.01. The highest BCUT2D eigenvalue weighted by Gasteiger charge is 2.11. The Kier molecular flexibility index (Phi) is 3.50. The quantitative estimate of drug-likeness (QED) is 0.844. The van der Waals surface area contributed by atoms with E-state index in [1.165, 1.54) is 6.07 Å². The summed E-state index contributed by atoms with van der Waals surface area (Å²) in [4.78, 5) is 0.109. The summed E-state index contributed by atoms with van der Waals surface area (Å²) in [5.41, 5.74) is 0.985. The highest BCUT2D eigenvalue weighted by Crippen LogP contribution is 2.22. The lowest BCUT2D eigenvalue weighted by Gasteiger charge is -2.02. The lowest BCUT2D eigenvalue weighted by molar-refractivity contribution is 0.597. The Morgan fingerprint density at radius 1 is 1.38 bits per heavy atom. The third kappa shape index (κ3) is 2.77. The van der Waals surface area contributed by atoms with Crippen LogP contribution < -0.4 is 5.14 Å². The van der Waals surface area contributed by atoms with E-state index in [1.54, 1.807) is 12.1 Å². The van der Waals surface area contributed by atoms with E-state index in [1.807, 2.05) is 0 Å². The molecule has 2 N–H and O–H groups in total. The van der Waals surface area contributed by atoms with E-state index in [4.69, 9.17) is 5.14 Å². The number of sulfonamides is 1. The van der Waals surface area contributed by atoms with Crippen LogP contribution in [0.25, 0.3) is 0 Å². The molecule has 1 aromatic carbocycles. The predicted octanol–water partition coefficient (Wildman–Crippen LogP) is 1.99. The molecular weight excluding hydrogens is 322 g/mol. The Balaban J connectivity index is 3.29. The third-order valence-electron chi connectivity index (χ3n) is 1.46. The van der Waals surface area contributed by atoms with Gasteiger partial charge in [-0.25, -0.2) is 13.6 Å². The van der Waals surface area contributed by atoms with E-state index in [2.05, 4.69) is 31.9 Å². The van der Waals surface area contributed by atoms with Crippen molar-refractivity contribution in [1.29, 1.82) is 0 Å². The molecule has 1 rings (SSSR count). The standard InChI is InChI=1S/C7H7Br2NO2S/c8-4-5-1-2-7(6(9)3-5)13(10,11)12/h1-3H,4H2,(H2,10,11,12). The molecule has 72 valence electrons. The SMILES string of the molecule is NS(=O)(=O)c1ccc(CBr)cc1Br. The number of primary sulfonamides is 1. The average molecular weight is 329 g/mol. The molecule has 0 saturated heterocycles. The molecule has 13 heavy (non-hydrogen) atoms. The van der Waals surface area contributed by atoms with Gasteiger partial charge in [-0.15, -0.1) is 0 Å². The van der Waals surface area contributed by atoms with Gasteiger partial charge >= 0.3 is 0 Å². The van der Waals surface area contributed by atoms with Crippen molar-refractivity contribution >= 4 is 41.9 Å². The molecule has 0 radical (unpaired) electrons. The molecule has 0 aliphatic heterocycles. The monoisotopic (exact) mass is 327 g/mol. The van der Waals surface area contributed by atoms with Crippen LogP contribution in [0.2, 0.25) is 0 Å². The normalized spacial score (nSPS) is 11.6. The summed E-state index contributed by atoms with van der Waals surface area (Å²) < 4.78 is 22.5. The van der Waals surface area contributed by atoms with E-state index in [0.717, 1.165) is 5.56 Å². The van der Waals surface area contributed by atoms with Crippen molar-refractivity contribution in [1.82, 2.24) is 0 Å². The van der Waals surface area contributed by atoms with Gasteiger partial charge in [0.05, 0.1) is 4.90 Å². The third-order valence-corrected chi connectivity index (χ3v) is 3.99. The number of benzene rings is 1. The Bertz CT molecular complexity index is 417. The summed E-state index contributed by atoms with van der Waals surface area (Å²) in [6.45, 7) is 0. The van der Waals surface area contributed by atoms with Crippen molar-refractivity contribution in [3.63, 3.8) is 0 Å². The maximum atomic E-state index is 11.0. The number of alkyl halides is 1. The molecule has 0 amide bonds. The number of rotatable bonds is 2. The highest BCUT2D eigenvalue weighted by atomic mass is 79.9. The fourth-order valence-electron chi connectivity index (χ4n) is 0.858. The molecule has 0 atom stereocenters. The van der Waals surface area contributed by atoms with Gasteiger partial charge in [0.1, 0.15) is 0 Å². The highest BCUT2D eigenvalue weighted by molar-refractivity contribution is 9.10. The fraction of sp³-hybridized carbons (Fsp3) is 0.143. The summed E-state index contributed by atoms with van der Waals surface area (Å²) in [5, 5.41) is 5.66. The van der Waals surface area contributed by atoms with Crippen molar-refractivity contribution in [2.75, 3.05) is 0 Å². The van der Waals surface area contributed by atoms with E-state index < -0.39 is 10.0 Å². The van der Waals surface area contributed by atoms with E-state index in [9.17, 15) is 8.42 Å². The van der Waals surface area contributed by atoms with Crippen LogP contribution >= 0.6 is 31.9 Å². The summed E-state index contributed by atoms with van der Waals surface area (Å²) in [5.74, 6) is 0. The molecule has 0 saturated carbocycles. The van der Waals surface area contributed by atoms with Crippen LogP contribution in [-0.4, -0.2) is 8.42 Å². The van der Waals surface area contributed by atoms with Gasteiger partial charge in [0.15, 0.2) is 0 Å². The predicted molar refractivity (Wildman–Crippen MR) is 58.1 cm³/mol. The second-order valence-electron chi connectivity index (χ2n) is 2.44. The first-order valence-corrected chi connectivity index (χ1v) is 6.78. The first-order chi connectivity index (χ1) is 5.95. The van der Waals surface area contributed by atoms with Gasteiger partial charge in [0, 0.05) is 9.80 Å². The minimum Gasteiger partial charge on any atom is -0.225 e. The van der Waals surface area contributed by atoms with Crippen molar-refractivity contribution in [2.24, 2.45) is 5.14 Å². The Labute approximate surface area is 93.6 Å². The maximum Gasteiger partial charge on any atom is 0.239 e. The van der Waals surface area contributed by atoms with Crippen LogP contribution in [0, 0.1) is 0 Å². The van der Waals surface area contributed by atoms with Crippen LogP contribution in [0.1, 0.15) is 5.56 Å². The van der Waals surface area contributed by atoms with Gasteiger partial charge in [-0.3, -0.25) is 0 Å².